The second-order valence-electron chi connectivity index (χ2n) is 4.85. The molecular weight excluding hydrogens is 248 g/mol. The molecular formula is C12H18N4O3. The molecule has 0 aromatic carbocycles. The van der Waals surface area contributed by atoms with E-state index in [1.54, 1.807) is 15.9 Å². The third-order valence-corrected chi connectivity index (χ3v) is 3.36. The first kappa shape index (κ1) is 13.5. The quantitative estimate of drug-likeness (QED) is 0.832. The zero-order valence-electron chi connectivity index (χ0n) is 10.7. The summed E-state index contributed by atoms with van der Waals surface area (Å²) in [7, 11) is 0. The van der Waals surface area contributed by atoms with E-state index >= 15 is 0 Å². The molecule has 1 atom stereocenters. The molecule has 19 heavy (non-hydrogen) atoms. The Morgan fingerprint density at radius 2 is 2.26 bits per heavy atom. The Morgan fingerprint density at radius 1 is 1.42 bits per heavy atom. The van der Waals surface area contributed by atoms with Crippen LogP contribution in [0.4, 0.5) is 0 Å². The zero-order valence-corrected chi connectivity index (χ0v) is 10.7. The van der Waals surface area contributed by atoms with Gasteiger partial charge in [0.25, 0.3) is 0 Å². The smallest absolute Gasteiger partial charge is 0.303 e. The van der Waals surface area contributed by atoms with Gasteiger partial charge >= 0.3 is 5.97 Å². The van der Waals surface area contributed by atoms with E-state index in [1.165, 1.54) is 6.33 Å². The number of aryl methyl sites for hydroxylation is 1. The number of aliphatic carboxylic acids is 1. The highest BCUT2D eigenvalue weighted by Crippen LogP contribution is 2.20. The van der Waals surface area contributed by atoms with Crippen molar-refractivity contribution in [3.8, 4) is 0 Å². The van der Waals surface area contributed by atoms with Crippen molar-refractivity contribution in [3.05, 3.63) is 12.7 Å². The molecule has 0 radical (unpaired) electrons. The molecule has 1 aromatic heterocycles. The number of carboxylic acid groups (broad SMARTS) is 1. The Balaban J connectivity index is 1.79. The molecule has 1 aliphatic rings. The molecule has 7 heteroatoms. The van der Waals surface area contributed by atoms with Gasteiger partial charge in [0.15, 0.2) is 0 Å². The minimum absolute atomic E-state index is 0.0607. The van der Waals surface area contributed by atoms with Crippen LogP contribution >= 0.6 is 0 Å². The summed E-state index contributed by atoms with van der Waals surface area (Å²) >= 11 is 0. The normalized spacial score (nSPS) is 19.4. The summed E-state index contributed by atoms with van der Waals surface area (Å²) in [5.41, 5.74) is 0. The standard InChI is InChI=1S/C12H18N4O3/c17-11(3-5-16-9-13-8-14-16)15-4-1-2-10(7-15)6-12(18)19/h8-10H,1-7H2,(H,18,19). The zero-order chi connectivity index (χ0) is 13.7. The Hall–Kier alpha value is -1.92. The molecule has 0 saturated carbocycles. The summed E-state index contributed by atoms with van der Waals surface area (Å²) in [5.74, 6) is -0.644. The summed E-state index contributed by atoms with van der Waals surface area (Å²) in [6.07, 6.45) is 5.31. The molecule has 1 unspecified atom stereocenters. The lowest BCUT2D eigenvalue weighted by atomic mass is 9.94. The lowest BCUT2D eigenvalue weighted by Crippen LogP contribution is -2.40. The van der Waals surface area contributed by atoms with Crippen LogP contribution in [0.2, 0.25) is 0 Å². The van der Waals surface area contributed by atoms with Crippen molar-refractivity contribution in [2.24, 2.45) is 5.92 Å². The molecule has 2 heterocycles. The first-order valence-corrected chi connectivity index (χ1v) is 6.47. The second-order valence-corrected chi connectivity index (χ2v) is 4.85. The maximum atomic E-state index is 12.0. The predicted molar refractivity (Wildman–Crippen MR) is 66.2 cm³/mol. The average molecular weight is 266 g/mol. The minimum atomic E-state index is -0.790. The van der Waals surface area contributed by atoms with Crippen LogP contribution in [0.25, 0.3) is 0 Å². The number of carboxylic acids is 1. The van der Waals surface area contributed by atoms with Crippen molar-refractivity contribution < 1.29 is 14.7 Å². The highest BCUT2D eigenvalue weighted by Gasteiger charge is 2.24. The van der Waals surface area contributed by atoms with Gasteiger partial charge in [-0.15, -0.1) is 0 Å². The number of carbonyl (C=O) groups is 2. The van der Waals surface area contributed by atoms with Crippen LogP contribution in [0.15, 0.2) is 12.7 Å². The molecule has 1 saturated heterocycles. The van der Waals surface area contributed by atoms with E-state index in [2.05, 4.69) is 10.1 Å². The summed E-state index contributed by atoms with van der Waals surface area (Å²) in [4.78, 5) is 28.3. The molecule has 0 aliphatic carbocycles. The van der Waals surface area contributed by atoms with Crippen molar-refractivity contribution in [2.75, 3.05) is 13.1 Å². The molecule has 104 valence electrons. The van der Waals surface area contributed by atoms with Gasteiger partial charge < -0.3 is 10.0 Å². The van der Waals surface area contributed by atoms with Gasteiger partial charge in [0.05, 0.1) is 6.54 Å². The van der Waals surface area contributed by atoms with Gasteiger partial charge in [0.1, 0.15) is 12.7 Å². The van der Waals surface area contributed by atoms with Crippen LogP contribution in [0, 0.1) is 5.92 Å². The lowest BCUT2D eigenvalue weighted by molar-refractivity contribution is -0.140. The SMILES string of the molecule is O=C(O)CC1CCCN(C(=O)CCn2cncn2)C1. The van der Waals surface area contributed by atoms with E-state index in [0.717, 1.165) is 19.4 Å². The summed E-state index contributed by atoms with van der Waals surface area (Å²) in [5, 5.41) is 12.7. The number of rotatable bonds is 5. The number of nitrogens with zero attached hydrogens (tertiary/aromatic N) is 4. The molecule has 1 amide bonds. The number of hydrogen-bond donors (Lipinski definition) is 1. The molecule has 0 spiro atoms. The Kier molecular flexibility index (Phi) is 4.48. The average Bonchev–Trinajstić information content (AvgIpc) is 2.88. The Morgan fingerprint density at radius 3 is 2.95 bits per heavy atom. The Labute approximate surface area is 111 Å². The van der Waals surface area contributed by atoms with E-state index in [-0.39, 0.29) is 18.2 Å². The van der Waals surface area contributed by atoms with Crippen LogP contribution in [0.5, 0.6) is 0 Å². The summed E-state index contributed by atoms with van der Waals surface area (Å²) < 4.78 is 1.62. The van der Waals surface area contributed by atoms with Crippen molar-refractivity contribution >= 4 is 11.9 Å². The fourth-order valence-electron chi connectivity index (χ4n) is 2.42. The molecule has 1 aliphatic heterocycles. The highest BCUT2D eigenvalue weighted by molar-refractivity contribution is 5.76. The lowest BCUT2D eigenvalue weighted by Gasteiger charge is -2.32. The fraction of sp³-hybridized carbons (Fsp3) is 0.667. The van der Waals surface area contributed by atoms with Crippen molar-refractivity contribution in [1.82, 2.24) is 19.7 Å². The number of hydrogen-bond acceptors (Lipinski definition) is 4. The number of piperidine rings is 1. The van der Waals surface area contributed by atoms with Crippen LogP contribution in [-0.4, -0.2) is 49.7 Å². The van der Waals surface area contributed by atoms with Gasteiger partial charge in [-0.3, -0.25) is 14.3 Å². The first-order valence-electron chi connectivity index (χ1n) is 6.47. The van der Waals surface area contributed by atoms with Gasteiger partial charge in [0, 0.05) is 25.9 Å². The Bertz CT molecular complexity index is 432. The fourth-order valence-corrected chi connectivity index (χ4v) is 2.42. The largest absolute Gasteiger partial charge is 0.481 e. The van der Waals surface area contributed by atoms with E-state index in [0.29, 0.717) is 19.5 Å². The minimum Gasteiger partial charge on any atom is -0.481 e. The van der Waals surface area contributed by atoms with Crippen LogP contribution in [0.1, 0.15) is 25.7 Å². The molecule has 1 aromatic rings. The second kappa shape index (κ2) is 6.31. The number of amides is 1. The van der Waals surface area contributed by atoms with Gasteiger partial charge in [-0.1, -0.05) is 0 Å². The molecule has 2 rings (SSSR count). The van der Waals surface area contributed by atoms with E-state index in [9.17, 15) is 9.59 Å². The van der Waals surface area contributed by atoms with E-state index in [4.69, 9.17) is 5.11 Å². The van der Waals surface area contributed by atoms with Crippen LogP contribution < -0.4 is 0 Å². The third-order valence-electron chi connectivity index (χ3n) is 3.36. The van der Waals surface area contributed by atoms with Crippen molar-refractivity contribution in [3.63, 3.8) is 0 Å². The maximum absolute atomic E-state index is 12.0. The topological polar surface area (TPSA) is 88.3 Å². The van der Waals surface area contributed by atoms with Gasteiger partial charge in [-0.2, -0.15) is 5.10 Å². The summed E-state index contributed by atoms with van der Waals surface area (Å²) in [6, 6.07) is 0. The number of aromatic nitrogens is 3. The van der Waals surface area contributed by atoms with E-state index in [1.807, 2.05) is 0 Å². The van der Waals surface area contributed by atoms with Gasteiger partial charge in [0.2, 0.25) is 5.91 Å². The molecule has 1 N–H and O–H groups in total. The predicted octanol–water partition coefficient (Wildman–Crippen LogP) is 0.381. The van der Waals surface area contributed by atoms with Crippen LogP contribution in [0.3, 0.4) is 0 Å². The number of likely N-dealkylation sites (tertiary alicyclic amines) is 1. The first-order chi connectivity index (χ1) is 9.15. The molecule has 0 bridgehead atoms. The van der Waals surface area contributed by atoms with Crippen LogP contribution in [-0.2, 0) is 16.1 Å². The third kappa shape index (κ3) is 4.04. The van der Waals surface area contributed by atoms with Gasteiger partial charge in [-0.05, 0) is 18.8 Å². The molecule has 1 fully saturated rings. The van der Waals surface area contributed by atoms with Crippen molar-refractivity contribution in [2.45, 2.75) is 32.2 Å². The summed E-state index contributed by atoms with van der Waals surface area (Å²) in [6.45, 7) is 1.80. The molecule has 7 nitrogen and oxygen atoms in total. The maximum Gasteiger partial charge on any atom is 0.303 e. The van der Waals surface area contributed by atoms with E-state index < -0.39 is 5.97 Å². The van der Waals surface area contributed by atoms with Gasteiger partial charge in [-0.25, -0.2) is 4.98 Å². The monoisotopic (exact) mass is 266 g/mol. The number of carbonyl (C=O) groups excluding carboxylic acids is 1. The van der Waals surface area contributed by atoms with Crippen molar-refractivity contribution in [1.29, 1.82) is 0 Å². The highest BCUT2D eigenvalue weighted by atomic mass is 16.4.